The molecule has 8 nitrogen and oxygen atoms in total. The second-order valence-electron chi connectivity index (χ2n) is 5.63. The minimum atomic E-state index is -1.37. The lowest BCUT2D eigenvalue weighted by molar-refractivity contribution is -0.137. The molecule has 1 atom stereocenters. The van der Waals surface area contributed by atoms with Gasteiger partial charge in [0.05, 0.1) is 6.61 Å². The van der Waals surface area contributed by atoms with Crippen molar-refractivity contribution in [3.63, 3.8) is 0 Å². The summed E-state index contributed by atoms with van der Waals surface area (Å²) in [6.45, 7) is 4.20. The largest absolute Gasteiger partial charge is 0.396 e. The average Bonchev–Trinajstić information content (AvgIpc) is 2.50. The third kappa shape index (κ3) is 8.68. The number of hydrogen-bond acceptors (Lipinski definition) is 7. The van der Waals surface area contributed by atoms with E-state index in [2.05, 4.69) is 10.6 Å². The van der Waals surface area contributed by atoms with E-state index in [4.69, 9.17) is 5.11 Å². The monoisotopic (exact) mass is 348 g/mol. The van der Waals surface area contributed by atoms with Gasteiger partial charge in [-0.05, 0) is 0 Å². The molecule has 0 spiro atoms. The van der Waals surface area contributed by atoms with Crippen molar-refractivity contribution in [2.45, 2.75) is 33.3 Å². The summed E-state index contributed by atoms with van der Waals surface area (Å²) in [6.07, 6.45) is -1.35. The van der Waals surface area contributed by atoms with Crippen molar-refractivity contribution >= 4 is 34.5 Å². The average molecular weight is 348 g/mol. The third-order valence-electron chi connectivity index (χ3n) is 2.99. The highest BCUT2D eigenvalue weighted by Crippen LogP contribution is 2.19. The number of hydrogen-bond donors (Lipinski definition) is 4. The Hall–Kier alpha value is -1.45. The Morgan fingerprint density at radius 3 is 2.26 bits per heavy atom. The fourth-order valence-corrected chi connectivity index (χ4v) is 1.95. The highest BCUT2D eigenvalue weighted by molar-refractivity contribution is 8.15. The Morgan fingerprint density at radius 2 is 1.74 bits per heavy atom. The number of carbonyl (C=O) groups is 4. The van der Waals surface area contributed by atoms with Crippen LogP contribution in [0.4, 0.5) is 0 Å². The maximum Gasteiger partial charge on any atom is 0.254 e. The van der Waals surface area contributed by atoms with Crippen LogP contribution < -0.4 is 10.6 Å². The van der Waals surface area contributed by atoms with Crippen LogP contribution >= 0.6 is 11.8 Å². The normalized spacial score (nSPS) is 12.4. The van der Waals surface area contributed by atoms with Crippen LogP contribution in [0.15, 0.2) is 0 Å². The summed E-state index contributed by atoms with van der Waals surface area (Å²) < 4.78 is 0. The summed E-state index contributed by atoms with van der Waals surface area (Å²) in [5, 5.41) is 23.2. The molecule has 0 heterocycles. The van der Waals surface area contributed by atoms with Crippen molar-refractivity contribution in [2.75, 3.05) is 25.4 Å². The minimum Gasteiger partial charge on any atom is -0.396 e. The summed E-state index contributed by atoms with van der Waals surface area (Å²) in [5.74, 6) is -1.22. The van der Waals surface area contributed by atoms with Crippen molar-refractivity contribution in [3.05, 3.63) is 0 Å². The molecule has 0 fully saturated rings. The van der Waals surface area contributed by atoms with Crippen molar-refractivity contribution in [1.29, 1.82) is 0 Å². The number of thioether (sulfide) groups is 1. The van der Waals surface area contributed by atoms with Crippen molar-refractivity contribution in [3.8, 4) is 0 Å². The maximum atomic E-state index is 11.7. The van der Waals surface area contributed by atoms with Crippen molar-refractivity contribution < 1.29 is 29.4 Å². The molecule has 132 valence electrons. The van der Waals surface area contributed by atoms with E-state index in [0.717, 1.165) is 11.8 Å². The number of carbonyl (C=O) groups excluding carboxylic acids is 4. The Labute approximate surface area is 139 Å². The second kappa shape index (κ2) is 10.3. The quantitative estimate of drug-likeness (QED) is 0.289. The lowest BCUT2D eigenvalue weighted by Gasteiger charge is -2.27. The zero-order valence-electron chi connectivity index (χ0n) is 13.5. The van der Waals surface area contributed by atoms with E-state index in [9.17, 15) is 24.3 Å². The van der Waals surface area contributed by atoms with E-state index in [1.54, 1.807) is 13.8 Å². The van der Waals surface area contributed by atoms with Gasteiger partial charge in [0, 0.05) is 37.6 Å². The Balaban J connectivity index is 3.89. The van der Waals surface area contributed by atoms with Gasteiger partial charge in [-0.2, -0.15) is 0 Å². The van der Waals surface area contributed by atoms with Crippen LogP contribution in [0, 0.1) is 5.41 Å². The molecule has 0 saturated heterocycles. The molecule has 0 aromatic rings. The first kappa shape index (κ1) is 21.6. The molecule has 0 bridgehead atoms. The summed E-state index contributed by atoms with van der Waals surface area (Å²) in [5.41, 5.74) is -0.965. The molecule has 2 amide bonds. The maximum absolute atomic E-state index is 11.7. The molecular weight excluding hydrogens is 324 g/mol. The number of ketones is 1. The van der Waals surface area contributed by atoms with Gasteiger partial charge in [-0.15, -0.1) is 0 Å². The van der Waals surface area contributed by atoms with Crippen LogP contribution in [0.5, 0.6) is 0 Å². The predicted molar refractivity (Wildman–Crippen MR) is 85.7 cm³/mol. The molecule has 0 radical (unpaired) electrons. The number of amides is 2. The van der Waals surface area contributed by atoms with E-state index in [-0.39, 0.29) is 32.0 Å². The fraction of sp³-hybridized carbons (Fsp3) is 0.714. The van der Waals surface area contributed by atoms with Gasteiger partial charge < -0.3 is 20.8 Å². The minimum absolute atomic E-state index is 0.0172. The smallest absolute Gasteiger partial charge is 0.254 e. The van der Waals surface area contributed by atoms with Gasteiger partial charge in [-0.25, -0.2) is 0 Å². The highest BCUT2D eigenvalue weighted by atomic mass is 32.2. The predicted octanol–water partition coefficient (Wildman–Crippen LogP) is -1.16. The van der Waals surface area contributed by atoms with Crippen LogP contribution in [0.25, 0.3) is 0 Å². The molecule has 0 aliphatic rings. The number of aliphatic hydroxyl groups is 2. The second-order valence-corrected chi connectivity index (χ2v) is 6.70. The van der Waals surface area contributed by atoms with Gasteiger partial charge in [-0.1, -0.05) is 25.6 Å². The number of Topliss-reactive ketones (excluding diaryl/α,β-unsaturated/α-hetero) is 1. The van der Waals surface area contributed by atoms with E-state index >= 15 is 0 Å². The standard InChI is InChI=1S/C14H24N2O6S/c1-9(18)13(22)23-7-6-15-10(19)4-5-16-12(21)11(20)14(2,3)8-17/h11,17,20H,4-8H2,1-3H3,(H,15,19)(H,16,21)/t11-/m0/s1. The summed E-state index contributed by atoms with van der Waals surface area (Å²) in [6, 6.07) is 0. The molecule has 0 aliphatic carbocycles. The summed E-state index contributed by atoms with van der Waals surface area (Å²) in [7, 11) is 0. The first-order valence-electron chi connectivity index (χ1n) is 7.13. The zero-order chi connectivity index (χ0) is 18.0. The Bertz CT molecular complexity index is 453. The molecule has 0 saturated carbocycles. The molecule has 4 N–H and O–H groups in total. The molecule has 0 aromatic heterocycles. The molecule has 0 unspecified atom stereocenters. The van der Waals surface area contributed by atoms with Crippen molar-refractivity contribution in [1.82, 2.24) is 10.6 Å². The molecule has 0 aliphatic heterocycles. The van der Waals surface area contributed by atoms with E-state index in [0.29, 0.717) is 5.75 Å². The van der Waals surface area contributed by atoms with Gasteiger partial charge >= 0.3 is 0 Å². The molecule has 0 aromatic carbocycles. The molecule has 9 heteroatoms. The number of rotatable bonds is 10. The van der Waals surface area contributed by atoms with E-state index < -0.39 is 28.3 Å². The first-order valence-corrected chi connectivity index (χ1v) is 8.11. The summed E-state index contributed by atoms with van der Waals surface area (Å²) in [4.78, 5) is 44.9. The van der Waals surface area contributed by atoms with Crippen LogP contribution in [-0.4, -0.2) is 64.5 Å². The number of nitrogens with one attached hydrogen (secondary N) is 2. The Morgan fingerprint density at radius 1 is 1.13 bits per heavy atom. The molecular formula is C14H24N2O6S. The van der Waals surface area contributed by atoms with Gasteiger partial charge in [0.1, 0.15) is 6.10 Å². The van der Waals surface area contributed by atoms with Crippen LogP contribution in [0.3, 0.4) is 0 Å². The topological polar surface area (TPSA) is 133 Å². The lowest BCUT2D eigenvalue weighted by Crippen LogP contribution is -2.46. The SMILES string of the molecule is CC(=O)C(=O)SCCNC(=O)CCNC(=O)[C@H](O)C(C)(C)CO. The highest BCUT2D eigenvalue weighted by Gasteiger charge is 2.32. The van der Waals surface area contributed by atoms with Gasteiger partial charge in [0.25, 0.3) is 5.12 Å². The summed E-state index contributed by atoms with van der Waals surface area (Å²) >= 11 is 0.835. The van der Waals surface area contributed by atoms with Gasteiger partial charge in [0.15, 0.2) is 0 Å². The fourth-order valence-electron chi connectivity index (χ4n) is 1.36. The Kier molecular flexibility index (Phi) is 9.70. The third-order valence-corrected chi connectivity index (χ3v) is 3.95. The molecule has 23 heavy (non-hydrogen) atoms. The zero-order valence-corrected chi connectivity index (χ0v) is 14.4. The van der Waals surface area contributed by atoms with Crippen LogP contribution in [0.2, 0.25) is 0 Å². The van der Waals surface area contributed by atoms with Gasteiger partial charge in [0.2, 0.25) is 17.6 Å². The first-order chi connectivity index (χ1) is 10.6. The van der Waals surface area contributed by atoms with E-state index in [1.165, 1.54) is 6.92 Å². The van der Waals surface area contributed by atoms with E-state index in [1.807, 2.05) is 0 Å². The van der Waals surface area contributed by atoms with Crippen molar-refractivity contribution in [2.24, 2.45) is 5.41 Å². The number of aliphatic hydroxyl groups excluding tert-OH is 2. The lowest BCUT2D eigenvalue weighted by atomic mass is 9.87. The van der Waals surface area contributed by atoms with Crippen LogP contribution in [0.1, 0.15) is 27.2 Å². The molecule has 0 rings (SSSR count). The van der Waals surface area contributed by atoms with Gasteiger partial charge in [-0.3, -0.25) is 19.2 Å². The van der Waals surface area contributed by atoms with Crippen LogP contribution in [-0.2, 0) is 19.2 Å².